The van der Waals surface area contributed by atoms with E-state index in [4.69, 9.17) is 0 Å². The molecule has 1 aromatic carbocycles. The summed E-state index contributed by atoms with van der Waals surface area (Å²) in [4.78, 5) is 16.2. The lowest BCUT2D eigenvalue weighted by molar-refractivity contribution is 0.102. The number of fused-ring (bicyclic) bond motifs is 1. The fourth-order valence-corrected chi connectivity index (χ4v) is 3.58. The highest BCUT2D eigenvalue weighted by Gasteiger charge is 2.26. The molecule has 0 saturated heterocycles. The number of hydrogen-bond acceptors (Lipinski definition) is 4. The van der Waals surface area contributed by atoms with Crippen LogP contribution >= 0.6 is 0 Å². The number of anilines is 1. The van der Waals surface area contributed by atoms with E-state index in [1.54, 1.807) is 7.05 Å². The summed E-state index contributed by atoms with van der Waals surface area (Å²) in [5.74, 6) is -0.215. The average molecular weight is 325 g/mol. The zero-order valence-corrected chi connectivity index (χ0v) is 14.0. The van der Waals surface area contributed by atoms with Crippen LogP contribution in [0, 0.1) is 0 Å². The third kappa shape index (κ3) is 3.06. The van der Waals surface area contributed by atoms with Crippen LogP contribution in [0.4, 0.5) is 5.69 Å². The molecule has 1 saturated carbocycles. The first-order valence-corrected chi connectivity index (χ1v) is 8.72. The van der Waals surface area contributed by atoms with Crippen LogP contribution < -0.4 is 5.32 Å². The van der Waals surface area contributed by atoms with Crippen LogP contribution in [-0.4, -0.2) is 44.9 Å². The summed E-state index contributed by atoms with van der Waals surface area (Å²) in [5.41, 5.74) is 3.94. The molecule has 0 unspecified atom stereocenters. The molecule has 1 N–H and O–H groups in total. The van der Waals surface area contributed by atoms with Crippen molar-refractivity contribution in [2.45, 2.75) is 38.1 Å². The molecular weight excluding hydrogens is 302 g/mol. The standard InChI is InChI=1S/C18H23N5O/c1-22-19-12-17(21-22)18(24)20-15-6-5-13-7-9-23(16-3-2-4-16)10-8-14(13)11-15/h5-6,11-12,16H,2-4,7-10H2,1H3,(H,20,24). The number of hydrogen-bond donors (Lipinski definition) is 1. The van der Waals surface area contributed by atoms with Gasteiger partial charge in [0.05, 0.1) is 6.20 Å². The molecule has 4 rings (SSSR count). The lowest BCUT2D eigenvalue weighted by Gasteiger charge is -2.36. The van der Waals surface area contributed by atoms with Crippen LogP contribution in [0.3, 0.4) is 0 Å². The Morgan fingerprint density at radius 1 is 1.21 bits per heavy atom. The lowest BCUT2D eigenvalue weighted by atomic mass is 9.91. The summed E-state index contributed by atoms with van der Waals surface area (Å²) >= 11 is 0. The van der Waals surface area contributed by atoms with Crippen molar-refractivity contribution in [1.82, 2.24) is 19.9 Å². The molecule has 0 radical (unpaired) electrons. The zero-order valence-electron chi connectivity index (χ0n) is 14.0. The molecule has 6 nitrogen and oxygen atoms in total. The van der Waals surface area contributed by atoms with E-state index in [1.165, 1.54) is 41.4 Å². The number of aromatic nitrogens is 3. The normalized spacial score (nSPS) is 18.5. The van der Waals surface area contributed by atoms with Crippen LogP contribution in [0.15, 0.2) is 24.4 Å². The number of benzene rings is 1. The molecule has 1 fully saturated rings. The predicted octanol–water partition coefficient (Wildman–Crippen LogP) is 2.02. The molecule has 0 atom stereocenters. The third-order valence-electron chi connectivity index (χ3n) is 5.22. The molecule has 2 heterocycles. The van der Waals surface area contributed by atoms with Gasteiger partial charge in [-0.25, -0.2) is 0 Å². The number of nitrogens with one attached hydrogen (secondary N) is 1. The summed E-state index contributed by atoms with van der Waals surface area (Å²) in [5, 5.41) is 10.9. The van der Waals surface area contributed by atoms with Crippen molar-refractivity contribution >= 4 is 11.6 Å². The minimum atomic E-state index is -0.215. The van der Waals surface area contributed by atoms with Crippen molar-refractivity contribution in [1.29, 1.82) is 0 Å². The molecule has 126 valence electrons. The summed E-state index contributed by atoms with van der Waals surface area (Å²) in [6.07, 6.45) is 7.73. The van der Waals surface area contributed by atoms with E-state index in [2.05, 4.69) is 32.5 Å². The van der Waals surface area contributed by atoms with Gasteiger partial charge in [-0.1, -0.05) is 12.5 Å². The van der Waals surface area contributed by atoms with Crippen molar-refractivity contribution in [3.8, 4) is 0 Å². The van der Waals surface area contributed by atoms with Gasteiger partial charge >= 0.3 is 0 Å². The van der Waals surface area contributed by atoms with Crippen LogP contribution in [0.1, 0.15) is 40.9 Å². The number of carbonyl (C=O) groups excluding carboxylic acids is 1. The molecule has 0 bridgehead atoms. The first kappa shape index (κ1) is 15.3. The van der Waals surface area contributed by atoms with Gasteiger partial charge in [0.25, 0.3) is 5.91 Å². The first-order valence-electron chi connectivity index (χ1n) is 8.72. The summed E-state index contributed by atoms with van der Waals surface area (Å²) in [7, 11) is 1.70. The van der Waals surface area contributed by atoms with E-state index < -0.39 is 0 Å². The van der Waals surface area contributed by atoms with E-state index in [0.717, 1.165) is 37.7 Å². The van der Waals surface area contributed by atoms with Crippen molar-refractivity contribution in [2.24, 2.45) is 7.05 Å². The van der Waals surface area contributed by atoms with Gasteiger partial charge in [0.1, 0.15) is 0 Å². The molecule has 1 aliphatic heterocycles. The second-order valence-electron chi connectivity index (χ2n) is 6.78. The fraction of sp³-hybridized carbons (Fsp3) is 0.500. The van der Waals surface area contributed by atoms with E-state index >= 15 is 0 Å². The molecule has 2 aliphatic rings. The number of carbonyl (C=O) groups is 1. The molecule has 1 aliphatic carbocycles. The first-order chi connectivity index (χ1) is 11.7. The number of amides is 1. The van der Waals surface area contributed by atoms with Crippen molar-refractivity contribution in [3.05, 3.63) is 41.2 Å². The minimum absolute atomic E-state index is 0.215. The molecule has 0 spiro atoms. The van der Waals surface area contributed by atoms with Gasteiger partial charge in [0.2, 0.25) is 0 Å². The number of aryl methyl sites for hydroxylation is 1. The average Bonchev–Trinajstić information content (AvgIpc) is 2.85. The van der Waals surface area contributed by atoms with Crippen LogP contribution in [0.5, 0.6) is 0 Å². The molecule has 6 heteroatoms. The summed E-state index contributed by atoms with van der Waals surface area (Å²) in [6, 6.07) is 7.07. The Balaban J connectivity index is 1.46. The Labute approximate surface area is 141 Å². The monoisotopic (exact) mass is 325 g/mol. The quantitative estimate of drug-likeness (QED) is 0.938. The molecule has 1 aromatic heterocycles. The van der Waals surface area contributed by atoms with Gasteiger partial charge < -0.3 is 5.32 Å². The Kier molecular flexibility index (Phi) is 4.06. The van der Waals surface area contributed by atoms with E-state index in [9.17, 15) is 4.79 Å². The summed E-state index contributed by atoms with van der Waals surface area (Å²) in [6.45, 7) is 2.28. The highest BCUT2D eigenvalue weighted by molar-refractivity contribution is 6.02. The maximum Gasteiger partial charge on any atom is 0.277 e. The summed E-state index contributed by atoms with van der Waals surface area (Å²) < 4.78 is 0. The van der Waals surface area contributed by atoms with E-state index in [1.807, 2.05) is 6.07 Å². The molecule has 1 amide bonds. The van der Waals surface area contributed by atoms with Gasteiger partial charge in [-0.05, 0) is 48.9 Å². The van der Waals surface area contributed by atoms with Gasteiger partial charge in [0, 0.05) is 31.9 Å². The minimum Gasteiger partial charge on any atom is -0.321 e. The zero-order chi connectivity index (χ0) is 16.5. The van der Waals surface area contributed by atoms with Crippen LogP contribution in [-0.2, 0) is 19.9 Å². The maximum atomic E-state index is 12.2. The highest BCUT2D eigenvalue weighted by Crippen LogP contribution is 2.28. The van der Waals surface area contributed by atoms with Gasteiger partial charge in [-0.15, -0.1) is 5.10 Å². The predicted molar refractivity (Wildman–Crippen MR) is 92.0 cm³/mol. The smallest absolute Gasteiger partial charge is 0.277 e. The second-order valence-corrected chi connectivity index (χ2v) is 6.78. The van der Waals surface area contributed by atoms with Crippen LogP contribution in [0.2, 0.25) is 0 Å². The number of rotatable bonds is 3. The van der Waals surface area contributed by atoms with Crippen molar-refractivity contribution in [2.75, 3.05) is 18.4 Å². The topological polar surface area (TPSA) is 63.1 Å². The number of nitrogens with zero attached hydrogens (tertiary/aromatic N) is 4. The van der Waals surface area contributed by atoms with Crippen LogP contribution in [0.25, 0.3) is 0 Å². The molecule has 2 aromatic rings. The Morgan fingerprint density at radius 2 is 2.00 bits per heavy atom. The Hall–Kier alpha value is -2.21. The van der Waals surface area contributed by atoms with E-state index in [0.29, 0.717) is 5.69 Å². The Bertz CT molecular complexity index is 750. The van der Waals surface area contributed by atoms with Gasteiger partial charge in [-0.2, -0.15) is 9.90 Å². The fourth-order valence-electron chi connectivity index (χ4n) is 3.58. The maximum absolute atomic E-state index is 12.2. The SMILES string of the molecule is Cn1ncc(C(=O)Nc2ccc3c(c2)CCN(C2CCC2)CC3)n1. The van der Waals surface area contributed by atoms with Crippen molar-refractivity contribution < 1.29 is 4.79 Å². The lowest BCUT2D eigenvalue weighted by Crippen LogP contribution is -2.41. The second kappa shape index (κ2) is 6.36. The van der Waals surface area contributed by atoms with E-state index in [-0.39, 0.29) is 5.91 Å². The van der Waals surface area contributed by atoms with Gasteiger partial charge in [0.15, 0.2) is 5.69 Å². The molecular formula is C18H23N5O. The molecule has 24 heavy (non-hydrogen) atoms. The highest BCUT2D eigenvalue weighted by atomic mass is 16.2. The third-order valence-corrected chi connectivity index (χ3v) is 5.22. The Morgan fingerprint density at radius 3 is 2.67 bits per heavy atom. The van der Waals surface area contributed by atoms with Crippen molar-refractivity contribution in [3.63, 3.8) is 0 Å². The largest absolute Gasteiger partial charge is 0.321 e. The van der Waals surface area contributed by atoms with Gasteiger partial charge in [-0.3, -0.25) is 9.69 Å².